The summed E-state index contributed by atoms with van der Waals surface area (Å²) in [6.07, 6.45) is 0.745. The first-order valence-electron chi connectivity index (χ1n) is 8.21. The van der Waals surface area contributed by atoms with Crippen LogP contribution in [0.4, 0.5) is 0 Å². The number of benzene rings is 2. The number of rotatable bonds is 2. The standard InChI is InChI=1S/C20H17BrN2O2/c1-12-15(10-13-4-2-3-5-17(13)22-12)20(24)23-18-8-9-25-19-7-6-14(21)11-16(18)19/h2-7,10-11,18H,8-9H2,1H3,(H,23,24). The molecule has 0 aliphatic carbocycles. The molecule has 1 aliphatic heterocycles. The molecule has 1 N–H and O–H groups in total. The molecule has 4 rings (SSSR count). The number of ether oxygens (including phenoxy) is 1. The lowest BCUT2D eigenvalue weighted by molar-refractivity contribution is 0.0924. The van der Waals surface area contributed by atoms with E-state index in [-0.39, 0.29) is 11.9 Å². The van der Waals surface area contributed by atoms with Crippen LogP contribution in [0.2, 0.25) is 0 Å². The Labute approximate surface area is 154 Å². The van der Waals surface area contributed by atoms with E-state index in [0.29, 0.717) is 12.2 Å². The smallest absolute Gasteiger partial charge is 0.253 e. The summed E-state index contributed by atoms with van der Waals surface area (Å²) in [7, 11) is 0. The molecule has 1 amide bonds. The van der Waals surface area contributed by atoms with Crippen molar-refractivity contribution in [3.63, 3.8) is 0 Å². The topological polar surface area (TPSA) is 51.2 Å². The van der Waals surface area contributed by atoms with E-state index in [9.17, 15) is 4.79 Å². The number of aryl methyl sites for hydroxylation is 1. The zero-order valence-corrected chi connectivity index (χ0v) is 15.3. The summed E-state index contributed by atoms with van der Waals surface area (Å²) in [4.78, 5) is 17.4. The fourth-order valence-corrected chi connectivity index (χ4v) is 3.57. The maximum atomic E-state index is 12.9. The van der Waals surface area contributed by atoms with E-state index >= 15 is 0 Å². The summed E-state index contributed by atoms with van der Waals surface area (Å²) >= 11 is 3.49. The average Bonchev–Trinajstić information content (AvgIpc) is 2.61. The van der Waals surface area contributed by atoms with Gasteiger partial charge in [-0.2, -0.15) is 0 Å². The predicted octanol–water partition coefficient (Wildman–Crippen LogP) is 4.56. The van der Waals surface area contributed by atoms with Gasteiger partial charge in [0.15, 0.2) is 0 Å². The van der Waals surface area contributed by atoms with Crippen molar-refractivity contribution in [2.45, 2.75) is 19.4 Å². The van der Waals surface area contributed by atoms with Crippen molar-refractivity contribution in [2.75, 3.05) is 6.61 Å². The number of nitrogens with zero attached hydrogens (tertiary/aromatic N) is 1. The van der Waals surface area contributed by atoms with Crippen molar-refractivity contribution in [1.82, 2.24) is 10.3 Å². The third kappa shape index (κ3) is 3.12. The molecule has 0 saturated carbocycles. The molecule has 0 saturated heterocycles. The minimum Gasteiger partial charge on any atom is -0.493 e. The molecule has 1 aliphatic rings. The number of carbonyl (C=O) groups is 1. The van der Waals surface area contributed by atoms with Gasteiger partial charge in [0.05, 0.1) is 29.4 Å². The van der Waals surface area contributed by atoms with Crippen molar-refractivity contribution < 1.29 is 9.53 Å². The molecule has 25 heavy (non-hydrogen) atoms. The maximum absolute atomic E-state index is 12.9. The Hall–Kier alpha value is -2.40. The molecule has 0 fully saturated rings. The highest BCUT2D eigenvalue weighted by molar-refractivity contribution is 9.10. The molecule has 5 heteroatoms. The van der Waals surface area contributed by atoms with Gasteiger partial charge in [0, 0.05) is 21.8 Å². The fourth-order valence-electron chi connectivity index (χ4n) is 3.19. The Kier molecular flexibility index (Phi) is 4.17. The summed E-state index contributed by atoms with van der Waals surface area (Å²) in [5, 5.41) is 4.11. The minimum absolute atomic E-state index is 0.0698. The Morgan fingerprint density at radius 1 is 1.24 bits per heavy atom. The predicted molar refractivity (Wildman–Crippen MR) is 101 cm³/mol. The van der Waals surface area contributed by atoms with Crippen LogP contribution in [0.3, 0.4) is 0 Å². The van der Waals surface area contributed by atoms with Crippen LogP contribution in [0.15, 0.2) is 53.0 Å². The van der Waals surface area contributed by atoms with Crippen LogP contribution in [0, 0.1) is 6.92 Å². The molecular weight excluding hydrogens is 380 g/mol. The molecule has 3 aromatic rings. The zero-order valence-electron chi connectivity index (χ0n) is 13.8. The van der Waals surface area contributed by atoms with Crippen LogP contribution in [0.25, 0.3) is 10.9 Å². The number of aromatic nitrogens is 1. The Morgan fingerprint density at radius 3 is 2.96 bits per heavy atom. The van der Waals surface area contributed by atoms with E-state index in [1.807, 2.05) is 55.5 Å². The molecule has 0 spiro atoms. The third-order valence-electron chi connectivity index (χ3n) is 4.48. The van der Waals surface area contributed by atoms with Gasteiger partial charge < -0.3 is 10.1 Å². The zero-order chi connectivity index (χ0) is 17.4. The van der Waals surface area contributed by atoms with Gasteiger partial charge in [-0.05, 0) is 37.3 Å². The number of hydrogen-bond acceptors (Lipinski definition) is 3. The molecule has 1 aromatic heterocycles. The number of fused-ring (bicyclic) bond motifs is 2. The number of carbonyl (C=O) groups excluding carboxylic acids is 1. The van der Waals surface area contributed by atoms with Crippen LogP contribution in [-0.2, 0) is 0 Å². The van der Waals surface area contributed by atoms with Gasteiger partial charge in [0.1, 0.15) is 5.75 Å². The number of amides is 1. The molecule has 1 unspecified atom stereocenters. The monoisotopic (exact) mass is 396 g/mol. The molecule has 4 nitrogen and oxygen atoms in total. The van der Waals surface area contributed by atoms with E-state index in [0.717, 1.165) is 38.8 Å². The lowest BCUT2D eigenvalue weighted by atomic mass is 10.00. The third-order valence-corrected chi connectivity index (χ3v) is 4.97. The molecule has 1 atom stereocenters. The maximum Gasteiger partial charge on any atom is 0.253 e. The molecule has 0 radical (unpaired) electrons. The molecular formula is C20H17BrN2O2. The summed E-state index contributed by atoms with van der Waals surface area (Å²) in [6.45, 7) is 2.46. The first-order valence-corrected chi connectivity index (χ1v) is 9.00. The first-order chi connectivity index (χ1) is 12.1. The van der Waals surface area contributed by atoms with Crippen molar-refractivity contribution in [3.8, 4) is 5.75 Å². The van der Waals surface area contributed by atoms with Gasteiger partial charge in [0.25, 0.3) is 5.91 Å². The van der Waals surface area contributed by atoms with E-state index in [1.165, 1.54) is 0 Å². The lowest BCUT2D eigenvalue weighted by Gasteiger charge is -2.27. The number of pyridine rings is 1. The van der Waals surface area contributed by atoms with Crippen LogP contribution in [-0.4, -0.2) is 17.5 Å². The van der Waals surface area contributed by atoms with E-state index in [4.69, 9.17) is 4.74 Å². The second-order valence-corrected chi connectivity index (χ2v) is 7.08. The van der Waals surface area contributed by atoms with E-state index in [1.54, 1.807) is 0 Å². The van der Waals surface area contributed by atoms with Crippen molar-refractivity contribution in [3.05, 3.63) is 69.8 Å². The Morgan fingerprint density at radius 2 is 2.08 bits per heavy atom. The molecule has 0 bridgehead atoms. The van der Waals surface area contributed by atoms with Gasteiger partial charge >= 0.3 is 0 Å². The second-order valence-electron chi connectivity index (χ2n) is 6.16. The molecule has 2 aromatic carbocycles. The number of nitrogens with one attached hydrogen (secondary N) is 1. The van der Waals surface area contributed by atoms with Gasteiger partial charge in [0.2, 0.25) is 0 Å². The first kappa shape index (κ1) is 16.1. The van der Waals surface area contributed by atoms with Crippen molar-refractivity contribution >= 4 is 32.7 Å². The summed E-state index contributed by atoms with van der Waals surface area (Å²) in [6, 6.07) is 15.5. The number of halogens is 1. The van der Waals surface area contributed by atoms with Crippen LogP contribution in [0.5, 0.6) is 5.75 Å². The van der Waals surface area contributed by atoms with Crippen molar-refractivity contribution in [2.24, 2.45) is 0 Å². The average molecular weight is 397 g/mol. The van der Waals surface area contributed by atoms with Gasteiger partial charge in [-0.3, -0.25) is 9.78 Å². The van der Waals surface area contributed by atoms with Gasteiger partial charge in [-0.1, -0.05) is 34.1 Å². The Bertz CT molecular complexity index is 971. The molecule has 2 heterocycles. The second kappa shape index (κ2) is 6.48. The highest BCUT2D eigenvalue weighted by atomic mass is 79.9. The largest absolute Gasteiger partial charge is 0.493 e. The van der Waals surface area contributed by atoms with Gasteiger partial charge in [-0.15, -0.1) is 0 Å². The minimum atomic E-state index is -0.103. The highest BCUT2D eigenvalue weighted by Gasteiger charge is 2.24. The number of para-hydroxylation sites is 1. The summed E-state index contributed by atoms with van der Waals surface area (Å²) in [5.41, 5.74) is 3.25. The van der Waals surface area contributed by atoms with E-state index in [2.05, 4.69) is 26.2 Å². The van der Waals surface area contributed by atoms with Crippen LogP contribution >= 0.6 is 15.9 Å². The van der Waals surface area contributed by atoms with Crippen LogP contribution in [0.1, 0.15) is 34.1 Å². The van der Waals surface area contributed by atoms with Crippen LogP contribution < -0.4 is 10.1 Å². The van der Waals surface area contributed by atoms with E-state index < -0.39 is 0 Å². The quantitative estimate of drug-likeness (QED) is 0.690. The summed E-state index contributed by atoms with van der Waals surface area (Å²) < 4.78 is 6.66. The Balaban J connectivity index is 1.65. The molecule has 126 valence electrons. The lowest BCUT2D eigenvalue weighted by Crippen LogP contribution is -2.32. The normalized spacial score (nSPS) is 16.2. The fraction of sp³-hybridized carbons (Fsp3) is 0.200. The van der Waals surface area contributed by atoms with Crippen molar-refractivity contribution in [1.29, 1.82) is 0 Å². The number of hydrogen-bond donors (Lipinski definition) is 1. The SMILES string of the molecule is Cc1nc2ccccc2cc1C(=O)NC1CCOc2ccc(Br)cc21. The summed E-state index contributed by atoms with van der Waals surface area (Å²) in [5.74, 6) is 0.724. The highest BCUT2D eigenvalue weighted by Crippen LogP contribution is 2.34. The van der Waals surface area contributed by atoms with Gasteiger partial charge in [-0.25, -0.2) is 0 Å².